The van der Waals surface area contributed by atoms with Crippen molar-refractivity contribution in [3.05, 3.63) is 65.0 Å². The molecular weight excluding hydrogens is 449 g/mol. The number of allylic oxidation sites excluding steroid dienone is 1. The number of hydrogen-bond acceptors (Lipinski definition) is 3. The molecule has 0 amide bonds. The molecule has 0 saturated carbocycles. The van der Waals surface area contributed by atoms with E-state index in [2.05, 4.69) is 36.8 Å². The highest BCUT2D eigenvalue weighted by Gasteiger charge is 2.32. The lowest BCUT2D eigenvalue weighted by Gasteiger charge is -2.22. The summed E-state index contributed by atoms with van der Waals surface area (Å²) in [4.78, 5) is 8.98. The Morgan fingerprint density at radius 3 is 2.43 bits per heavy atom. The minimum Gasteiger partial charge on any atom is -0.507 e. The maximum atomic E-state index is 13.1. The lowest BCUT2D eigenvalue weighted by molar-refractivity contribution is -0.137. The summed E-state index contributed by atoms with van der Waals surface area (Å²) in [5.74, 6) is 0.787. The zero-order valence-electron chi connectivity index (χ0n) is 21.6. The number of fused-ring (bicyclic) bond motifs is 1. The van der Waals surface area contributed by atoms with Crippen molar-refractivity contribution in [1.29, 1.82) is 0 Å². The number of hydrogen-bond donors (Lipinski definition) is 1. The lowest BCUT2D eigenvalue weighted by Crippen LogP contribution is -2.11. The van der Waals surface area contributed by atoms with Crippen LogP contribution in [0.2, 0.25) is 0 Å². The van der Waals surface area contributed by atoms with Gasteiger partial charge in [0.15, 0.2) is 0 Å². The average Bonchev–Trinajstić information content (AvgIpc) is 3.02. The molecule has 1 aliphatic heterocycles. The first kappa shape index (κ1) is 28.6. The molecule has 2 heterocycles. The molecule has 6 heteroatoms. The van der Waals surface area contributed by atoms with Crippen molar-refractivity contribution in [2.24, 2.45) is 16.8 Å². The number of halogens is 3. The van der Waals surface area contributed by atoms with Crippen LogP contribution < -0.4 is 0 Å². The van der Waals surface area contributed by atoms with E-state index in [9.17, 15) is 18.3 Å². The molecule has 0 saturated heterocycles. The van der Waals surface area contributed by atoms with Gasteiger partial charge in [-0.2, -0.15) is 13.2 Å². The van der Waals surface area contributed by atoms with E-state index in [4.69, 9.17) is 0 Å². The number of aromatic nitrogens is 1. The van der Waals surface area contributed by atoms with Crippen molar-refractivity contribution in [2.75, 3.05) is 6.54 Å². The summed E-state index contributed by atoms with van der Waals surface area (Å²) in [7, 11) is 0. The van der Waals surface area contributed by atoms with Crippen molar-refractivity contribution < 1.29 is 18.3 Å². The van der Waals surface area contributed by atoms with Gasteiger partial charge in [0.2, 0.25) is 0 Å². The number of phenols is 1. The van der Waals surface area contributed by atoms with Crippen molar-refractivity contribution in [3.63, 3.8) is 0 Å². The number of benzene rings is 1. The summed E-state index contributed by atoms with van der Waals surface area (Å²) in [6.45, 7) is 11.1. The monoisotopic (exact) mass is 488 g/mol. The Labute approximate surface area is 208 Å². The van der Waals surface area contributed by atoms with Gasteiger partial charge in [0.05, 0.1) is 17.8 Å². The molecule has 0 spiro atoms. The van der Waals surface area contributed by atoms with E-state index in [0.717, 1.165) is 48.9 Å². The molecule has 2 unspecified atom stereocenters. The lowest BCUT2D eigenvalue weighted by atomic mass is 9.83. The maximum absolute atomic E-state index is 13.1. The van der Waals surface area contributed by atoms with E-state index in [0.29, 0.717) is 29.7 Å². The second-order valence-electron chi connectivity index (χ2n) is 9.03. The van der Waals surface area contributed by atoms with E-state index in [1.807, 2.05) is 26.1 Å². The number of rotatable bonds is 9. The summed E-state index contributed by atoms with van der Waals surface area (Å²) in [6, 6.07) is 4.90. The van der Waals surface area contributed by atoms with Crippen molar-refractivity contribution >= 4 is 11.3 Å². The van der Waals surface area contributed by atoms with Crippen LogP contribution in [0.5, 0.6) is 5.75 Å². The fourth-order valence-electron chi connectivity index (χ4n) is 4.47. The number of alkyl halides is 3. The number of phenolic OH excluding ortho intramolecular Hbond substituents is 1. The van der Waals surface area contributed by atoms with Gasteiger partial charge in [0.25, 0.3) is 0 Å². The molecule has 2 atom stereocenters. The third-order valence-corrected chi connectivity index (χ3v) is 6.50. The Morgan fingerprint density at radius 1 is 1.06 bits per heavy atom. The number of pyridine rings is 1. The quantitative estimate of drug-likeness (QED) is 0.384. The predicted octanol–water partition coefficient (Wildman–Crippen LogP) is 8.70. The molecule has 3 rings (SSSR count). The molecule has 0 bridgehead atoms. The predicted molar refractivity (Wildman–Crippen MR) is 139 cm³/mol. The van der Waals surface area contributed by atoms with Crippen LogP contribution in [0.3, 0.4) is 0 Å². The highest BCUT2D eigenvalue weighted by atomic mass is 19.4. The maximum Gasteiger partial charge on any atom is 0.416 e. The van der Waals surface area contributed by atoms with E-state index < -0.39 is 17.5 Å². The zero-order chi connectivity index (χ0) is 26.0. The molecule has 3 nitrogen and oxygen atoms in total. The highest BCUT2D eigenvalue weighted by Crippen LogP contribution is 2.37. The van der Waals surface area contributed by atoms with Gasteiger partial charge in [-0.25, -0.2) is 0 Å². The molecule has 1 aromatic heterocycles. The first-order chi connectivity index (χ1) is 16.7. The van der Waals surface area contributed by atoms with E-state index in [1.165, 1.54) is 24.5 Å². The van der Waals surface area contributed by atoms with E-state index in [-0.39, 0.29) is 0 Å². The van der Waals surface area contributed by atoms with Crippen molar-refractivity contribution in [1.82, 2.24) is 4.98 Å². The van der Waals surface area contributed by atoms with Crippen LogP contribution in [0.4, 0.5) is 13.2 Å². The van der Waals surface area contributed by atoms with Crippen molar-refractivity contribution in [2.45, 2.75) is 79.3 Å². The first-order valence-corrected chi connectivity index (χ1v) is 12.8. The summed E-state index contributed by atoms with van der Waals surface area (Å²) < 4.78 is 39.2. The summed E-state index contributed by atoms with van der Waals surface area (Å²) in [6.07, 6.45) is 7.81. The fraction of sp³-hybridized carbons (Fsp3) is 0.517. The van der Waals surface area contributed by atoms with E-state index >= 15 is 0 Å². The molecule has 0 aliphatic carbocycles. The van der Waals surface area contributed by atoms with Gasteiger partial charge in [0, 0.05) is 29.1 Å². The topological polar surface area (TPSA) is 45.5 Å². The van der Waals surface area contributed by atoms with Crippen molar-refractivity contribution in [3.8, 4) is 5.75 Å². The zero-order valence-corrected chi connectivity index (χ0v) is 21.6. The minimum atomic E-state index is -4.51. The third kappa shape index (κ3) is 7.68. The highest BCUT2D eigenvalue weighted by molar-refractivity contribution is 6.17. The van der Waals surface area contributed by atoms with Crippen LogP contribution in [0.15, 0.2) is 47.7 Å². The van der Waals surface area contributed by atoms with Gasteiger partial charge >= 0.3 is 6.18 Å². The first-order valence-electron chi connectivity index (χ1n) is 12.8. The van der Waals surface area contributed by atoms with E-state index in [1.54, 1.807) is 6.20 Å². The van der Waals surface area contributed by atoms with Gasteiger partial charge in [-0.05, 0) is 54.5 Å². The van der Waals surface area contributed by atoms with Crippen LogP contribution in [-0.2, 0) is 6.18 Å². The molecule has 1 aliphatic rings. The molecule has 1 N–H and O–H groups in total. The van der Waals surface area contributed by atoms with Crippen LogP contribution in [0.25, 0.3) is 5.57 Å². The molecular formula is C29H39F3N2O. The molecule has 0 radical (unpaired) electrons. The fourth-order valence-corrected chi connectivity index (χ4v) is 4.47. The number of nitrogens with zero attached hydrogens (tertiary/aromatic N) is 2. The molecule has 0 fully saturated rings. The largest absolute Gasteiger partial charge is 0.507 e. The Hall–Kier alpha value is -2.63. The Morgan fingerprint density at radius 2 is 1.80 bits per heavy atom. The van der Waals surface area contributed by atoms with Crippen LogP contribution in [-0.4, -0.2) is 22.3 Å². The van der Waals surface area contributed by atoms with Crippen LogP contribution in [0.1, 0.15) is 95.4 Å². The van der Waals surface area contributed by atoms with Crippen LogP contribution >= 0.6 is 0 Å². The van der Waals surface area contributed by atoms with Gasteiger partial charge in [-0.1, -0.05) is 66.4 Å². The van der Waals surface area contributed by atoms with Crippen LogP contribution in [0, 0.1) is 11.8 Å². The summed E-state index contributed by atoms with van der Waals surface area (Å²) in [5.41, 5.74) is 2.83. The second-order valence-corrected chi connectivity index (χ2v) is 9.03. The number of unbranched alkanes of at least 4 members (excludes halogenated alkanes) is 1. The molecule has 192 valence electrons. The smallest absolute Gasteiger partial charge is 0.416 e. The van der Waals surface area contributed by atoms with Gasteiger partial charge < -0.3 is 5.11 Å². The number of aliphatic imine (C=N–C) groups is 1. The minimum absolute atomic E-state index is 0.298. The Balaban J connectivity index is 0.00000210. The van der Waals surface area contributed by atoms with Gasteiger partial charge in [-0.15, -0.1) is 0 Å². The Bertz CT molecular complexity index is 1010. The SMILES string of the molecule is CC.CCCCC(CC1=CCN=C(c2ccc(C(F)(F)F)cc2O)c2ccncc21)CC(C)CC. The molecule has 2 aromatic rings. The third-order valence-electron chi connectivity index (χ3n) is 6.50. The Kier molecular flexibility index (Phi) is 11.0. The molecule has 1 aromatic carbocycles. The van der Waals surface area contributed by atoms with Gasteiger partial charge in [0.1, 0.15) is 5.75 Å². The molecule has 35 heavy (non-hydrogen) atoms. The summed E-state index contributed by atoms with van der Waals surface area (Å²) in [5, 5.41) is 10.4. The van der Waals surface area contributed by atoms with Gasteiger partial charge in [-0.3, -0.25) is 9.98 Å². The normalized spacial score (nSPS) is 15.1. The standard InChI is InChI=1S/C27H33F3N2O.C2H6/c1-4-6-7-19(14-18(3)5-2)15-20-10-13-32-26(22-11-12-31-17-24(20)22)23-9-8-21(16-25(23)33)27(28,29)30;1-2/h8-12,16-19,33H,4-7,13-15H2,1-3H3;1-2H3. The average molecular weight is 489 g/mol. The second kappa shape index (κ2) is 13.5. The summed E-state index contributed by atoms with van der Waals surface area (Å²) >= 11 is 0. The number of aromatic hydroxyl groups is 1.